The van der Waals surface area contributed by atoms with Crippen LogP contribution < -0.4 is 5.32 Å². The zero-order valence-electron chi connectivity index (χ0n) is 14.8. The second kappa shape index (κ2) is 9.85. The van der Waals surface area contributed by atoms with E-state index in [1.54, 1.807) is 36.4 Å². The van der Waals surface area contributed by atoms with Crippen LogP contribution in [0.1, 0.15) is 18.4 Å². The fraction of sp³-hybridized carbons (Fsp3) is 0.250. The molecular weight excluding hydrogens is 389 g/mol. The maximum absolute atomic E-state index is 14.1. The molecule has 1 amide bonds. The number of amides is 1. The third-order valence-corrected chi connectivity index (χ3v) is 4.30. The molecule has 0 saturated heterocycles. The van der Waals surface area contributed by atoms with Crippen LogP contribution in [-0.2, 0) is 20.8 Å². The second-order valence-electron chi connectivity index (χ2n) is 6.22. The van der Waals surface area contributed by atoms with Gasteiger partial charge in [-0.2, -0.15) is 0 Å². The molecule has 0 aromatic heterocycles. The molecule has 1 unspecified atom stereocenters. The number of alkyl halides is 1. The lowest BCUT2D eigenvalue weighted by Crippen LogP contribution is -2.46. The molecule has 0 saturated carbocycles. The summed E-state index contributed by atoms with van der Waals surface area (Å²) >= 11 is 5.98. The highest BCUT2D eigenvalue weighted by Gasteiger charge is 2.29. The highest BCUT2D eigenvalue weighted by atomic mass is 35.5. The smallest absolute Gasteiger partial charge is 0.340 e. The first kappa shape index (κ1) is 21.4. The standard InChI is InChI=1S/C20H19ClFNO5/c21-15-3-1-2-14(11-15)13-6-4-12(5-7-13)10-16(19(22)20(27)28)23-17(24)8-9-18(25)26/h1-7,11,16,19H,8-10H2,(H,23,24)(H,25,26)(H,27,28)/t16-,19?/m1/s1. The van der Waals surface area contributed by atoms with Gasteiger partial charge in [0.1, 0.15) is 0 Å². The molecule has 148 valence electrons. The lowest BCUT2D eigenvalue weighted by Gasteiger charge is -2.20. The number of hydrogen-bond donors (Lipinski definition) is 3. The number of carboxylic acid groups (broad SMARTS) is 2. The van der Waals surface area contributed by atoms with Crippen molar-refractivity contribution in [1.82, 2.24) is 5.32 Å². The van der Waals surface area contributed by atoms with E-state index in [0.717, 1.165) is 11.1 Å². The number of hydrogen-bond acceptors (Lipinski definition) is 3. The number of carbonyl (C=O) groups excluding carboxylic acids is 1. The number of halogens is 2. The van der Waals surface area contributed by atoms with Crippen molar-refractivity contribution >= 4 is 29.4 Å². The molecule has 2 atom stereocenters. The van der Waals surface area contributed by atoms with Gasteiger partial charge in [0, 0.05) is 11.4 Å². The molecule has 2 aromatic carbocycles. The summed E-state index contributed by atoms with van der Waals surface area (Å²) < 4.78 is 14.1. The second-order valence-corrected chi connectivity index (χ2v) is 6.66. The molecule has 0 aliphatic carbocycles. The fourth-order valence-corrected chi connectivity index (χ4v) is 2.84. The van der Waals surface area contributed by atoms with Gasteiger partial charge in [0.15, 0.2) is 0 Å². The molecule has 8 heteroatoms. The van der Waals surface area contributed by atoms with Crippen molar-refractivity contribution in [2.24, 2.45) is 0 Å². The van der Waals surface area contributed by atoms with Gasteiger partial charge in [-0.1, -0.05) is 48.0 Å². The topological polar surface area (TPSA) is 104 Å². The van der Waals surface area contributed by atoms with Crippen molar-refractivity contribution in [3.8, 4) is 11.1 Å². The minimum absolute atomic E-state index is 0.0535. The van der Waals surface area contributed by atoms with E-state index in [4.69, 9.17) is 21.8 Å². The molecule has 0 aliphatic heterocycles. The minimum atomic E-state index is -2.32. The summed E-state index contributed by atoms with van der Waals surface area (Å²) in [5.74, 6) is -3.58. The van der Waals surface area contributed by atoms with Gasteiger partial charge >= 0.3 is 11.9 Å². The Kier molecular flexibility index (Phi) is 7.52. The molecule has 2 rings (SSSR count). The van der Waals surface area contributed by atoms with Crippen LogP contribution in [0.15, 0.2) is 48.5 Å². The van der Waals surface area contributed by atoms with Crippen LogP contribution in [0.3, 0.4) is 0 Å². The Balaban J connectivity index is 2.11. The Morgan fingerprint density at radius 1 is 1.00 bits per heavy atom. The van der Waals surface area contributed by atoms with Crippen molar-refractivity contribution in [1.29, 1.82) is 0 Å². The van der Waals surface area contributed by atoms with Gasteiger partial charge in [0.05, 0.1) is 12.5 Å². The van der Waals surface area contributed by atoms with E-state index in [1.165, 1.54) is 0 Å². The molecule has 0 bridgehead atoms. The van der Waals surface area contributed by atoms with Gasteiger partial charge < -0.3 is 15.5 Å². The van der Waals surface area contributed by atoms with Crippen LogP contribution in [0.2, 0.25) is 5.02 Å². The first-order valence-corrected chi connectivity index (χ1v) is 8.87. The average Bonchev–Trinajstić information content (AvgIpc) is 2.65. The Morgan fingerprint density at radius 3 is 2.25 bits per heavy atom. The quantitative estimate of drug-likeness (QED) is 0.591. The number of aliphatic carboxylic acids is 2. The summed E-state index contributed by atoms with van der Waals surface area (Å²) in [6.45, 7) is 0. The summed E-state index contributed by atoms with van der Waals surface area (Å²) in [7, 11) is 0. The van der Waals surface area contributed by atoms with E-state index >= 15 is 0 Å². The van der Waals surface area contributed by atoms with Crippen molar-refractivity contribution in [3.05, 3.63) is 59.1 Å². The maximum Gasteiger partial charge on any atom is 0.340 e. The van der Waals surface area contributed by atoms with Crippen molar-refractivity contribution < 1.29 is 29.0 Å². The van der Waals surface area contributed by atoms with E-state index in [2.05, 4.69) is 5.32 Å². The Bertz CT molecular complexity index is 856. The first-order chi connectivity index (χ1) is 13.3. The van der Waals surface area contributed by atoms with Gasteiger partial charge in [-0.05, 0) is 35.2 Å². The number of nitrogens with one attached hydrogen (secondary N) is 1. The SMILES string of the molecule is O=C(O)CCC(=O)N[C@H](Cc1ccc(-c2cccc(Cl)c2)cc1)C(F)C(=O)O. The minimum Gasteiger partial charge on any atom is -0.481 e. The monoisotopic (exact) mass is 407 g/mol. The molecule has 6 nitrogen and oxygen atoms in total. The summed E-state index contributed by atoms with van der Waals surface area (Å²) in [5, 5.41) is 20.4. The van der Waals surface area contributed by atoms with Crippen molar-refractivity contribution in [3.63, 3.8) is 0 Å². The van der Waals surface area contributed by atoms with Crippen LogP contribution >= 0.6 is 11.6 Å². The molecular formula is C20H19ClFNO5. The van der Waals surface area contributed by atoms with Gasteiger partial charge in [-0.3, -0.25) is 9.59 Å². The highest BCUT2D eigenvalue weighted by Crippen LogP contribution is 2.23. The Labute approximate surface area is 165 Å². The average molecular weight is 408 g/mol. The zero-order valence-corrected chi connectivity index (χ0v) is 15.5. The fourth-order valence-electron chi connectivity index (χ4n) is 2.65. The first-order valence-electron chi connectivity index (χ1n) is 8.49. The summed E-state index contributed by atoms with van der Waals surface area (Å²) in [5.41, 5.74) is 2.40. The lowest BCUT2D eigenvalue weighted by molar-refractivity contribution is -0.144. The molecule has 28 heavy (non-hydrogen) atoms. The maximum atomic E-state index is 14.1. The van der Waals surface area contributed by atoms with Crippen LogP contribution in [0.25, 0.3) is 11.1 Å². The van der Waals surface area contributed by atoms with Gasteiger partial charge in [0.25, 0.3) is 0 Å². The lowest BCUT2D eigenvalue weighted by atomic mass is 9.98. The van der Waals surface area contributed by atoms with E-state index in [1.807, 2.05) is 12.1 Å². The third-order valence-electron chi connectivity index (χ3n) is 4.07. The Morgan fingerprint density at radius 2 is 1.68 bits per heavy atom. The molecule has 0 heterocycles. The molecule has 2 aromatic rings. The number of rotatable bonds is 9. The van der Waals surface area contributed by atoms with Crippen molar-refractivity contribution in [2.45, 2.75) is 31.5 Å². The predicted octanol–water partition coefficient (Wildman–Crippen LogP) is 3.32. The van der Waals surface area contributed by atoms with E-state index < -0.39 is 36.5 Å². The molecule has 0 spiro atoms. The van der Waals surface area contributed by atoms with Gasteiger partial charge in [0.2, 0.25) is 12.1 Å². The van der Waals surface area contributed by atoms with E-state index in [0.29, 0.717) is 10.6 Å². The molecule has 0 radical (unpaired) electrons. The predicted molar refractivity (Wildman–Crippen MR) is 102 cm³/mol. The van der Waals surface area contributed by atoms with Crippen molar-refractivity contribution in [2.75, 3.05) is 0 Å². The van der Waals surface area contributed by atoms with Gasteiger partial charge in [-0.15, -0.1) is 0 Å². The van der Waals surface area contributed by atoms with Crippen LogP contribution in [0.5, 0.6) is 0 Å². The van der Waals surface area contributed by atoms with E-state index in [-0.39, 0.29) is 12.8 Å². The van der Waals surface area contributed by atoms with Gasteiger partial charge in [-0.25, -0.2) is 9.18 Å². The molecule has 0 aliphatic rings. The van der Waals surface area contributed by atoms with Crippen LogP contribution in [0, 0.1) is 0 Å². The largest absolute Gasteiger partial charge is 0.481 e. The van der Waals surface area contributed by atoms with Crippen LogP contribution in [-0.4, -0.2) is 40.3 Å². The summed E-state index contributed by atoms with van der Waals surface area (Å²) in [4.78, 5) is 33.4. The number of carboxylic acids is 2. The third kappa shape index (κ3) is 6.35. The molecule has 0 fully saturated rings. The summed E-state index contributed by atoms with van der Waals surface area (Å²) in [6, 6.07) is 12.9. The zero-order chi connectivity index (χ0) is 20.7. The summed E-state index contributed by atoms with van der Waals surface area (Å²) in [6.07, 6.45) is -3.15. The van der Waals surface area contributed by atoms with Crippen LogP contribution in [0.4, 0.5) is 4.39 Å². The Hall–Kier alpha value is -2.93. The van der Waals surface area contributed by atoms with E-state index in [9.17, 15) is 18.8 Å². The highest BCUT2D eigenvalue weighted by molar-refractivity contribution is 6.30. The normalized spacial score (nSPS) is 12.8. The number of benzene rings is 2. The molecule has 3 N–H and O–H groups in total. The number of carbonyl (C=O) groups is 3.